The van der Waals surface area contributed by atoms with Gasteiger partial charge in [-0.25, -0.2) is 8.42 Å². The van der Waals surface area contributed by atoms with Crippen LogP contribution in [0.4, 0.5) is 5.69 Å². The molecule has 1 N–H and O–H groups in total. The fraction of sp³-hybridized carbons (Fsp3) is 0.647. The van der Waals surface area contributed by atoms with Crippen LogP contribution in [-0.2, 0) is 10.0 Å². The molecule has 138 valence electrons. The Balaban J connectivity index is 1.83. The second-order valence-corrected chi connectivity index (χ2v) is 9.01. The van der Waals surface area contributed by atoms with Crippen LogP contribution in [0.2, 0.25) is 0 Å². The number of nitrogens with zero attached hydrogens (tertiary/aromatic N) is 2. The van der Waals surface area contributed by atoms with Crippen molar-refractivity contribution in [1.82, 2.24) is 9.62 Å². The number of aryl methyl sites for hydroxylation is 2. The number of hydrogen-bond acceptors (Lipinski definition) is 5. The van der Waals surface area contributed by atoms with Crippen molar-refractivity contribution in [2.24, 2.45) is 5.92 Å². The highest BCUT2D eigenvalue weighted by Gasteiger charge is 2.36. The highest BCUT2D eigenvalue weighted by atomic mass is 32.2. The van der Waals surface area contributed by atoms with Crippen LogP contribution in [0, 0.1) is 29.9 Å². The van der Waals surface area contributed by atoms with Gasteiger partial charge in [0.1, 0.15) is 0 Å². The second kappa shape index (κ2) is 7.01. The fourth-order valence-electron chi connectivity index (χ4n) is 3.90. The predicted molar refractivity (Wildman–Crippen MR) is 95.1 cm³/mol. The number of rotatable bonds is 4. The normalized spacial score (nSPS) is 23.0. The minimum atomic E-state index is -3.85. The third kappa shape index (κ3) is 3.56. The number of nitrogens with one attached hydrogen (secondary N) is 1. The quantitative estimate of drug-likeness (QED) is 0.651. The summed E-state index contributed by atoms with van der Waals surface area (Å²) in [6.45, 7) is 5.41. The molecular formula is C17H25N3O4S. The Bertz CT molecular complexity index is 764. The number of sulfonamides is 1. The molecule has 2 heterocycles. The molecule has 2 fully saturated rings. The van der Waals surface area contributed by atoms with Crippen molar-refractivity contribution in [3.05, 3.63) is 33.4 Å². The van der Waals surface area contributed by atoms with Crippen LogP contribution in [0.5, 0.6) is 0 Å². The Labute approximate surface area is 148 Å². The van der Waals surface area contributed by atoms with Gasteiger partial charge in [0.2, 0.25) is 10.0 Å². The maximum Gasteiger partial charge on any atom is 0.289 e. The molecule has 1 unspecified atom stereocenters. The number of benzene rings is 1. The van der Waals surface area contributed by atoms with Gasteiger partial charge < -0.3 is 5.32 Å². The standard InChI is InChI=1S/C17H25N3O4S/c1-12-10-16(20(21)22)17(11-13(12)2)25(23,24)19-8-5-14(6-9-19)15-4-3-7-18-15/h10-11,14-15,18H,3-9H2,1-2H3. The smallest absolute Gasteiger partial charge is 0.289 e. The lowest BCUT2D eigenvalue weighted by molar-refractivity contribution is -0.387. The molecule has 3 rings (SSSR count). The first-order valence-corrected chi connectivity index (χ1v) is 10.2. The topological polar surface area (TPSA) is 92.5 Å². The van der Waals surface area contributed by atoms with Gasteiger partial charge in [0.25, 0.3) is 5.69 Å². The van der Waals surface area contributed by atoms with Crippen molar-refractivity contribution < 1.29 is 13.3 Å². The highest BCUT2D eigenvalue weighted by molar-refractivity contribution is 7.89. The molecular weight excluding hydrogens is 342 g/mol. The van der Waals surface area contributed by atoms with Crippen LogP contribution in [0.25, 0.3) is 0 Å². The van der Waals surface area contributed by atoms with E-state index in [1.807, 2.05) is 0 Å². The molecule has 0 radical (unpaired) electrons. The summed E-state index contributed by atoms with van der Waals surface area (Å²) in [6.07, 6.45) is 3.93. The summed E-state index contributed by atoms with van der Waals surface area (Å²) in [6, 6.07) is 3.28. The molecule has 0 aromatic heterocycles. The monoisotopic (exact) mass is 367 g/mol. The summed E-state index contributed by atoms with van der Waals surface area (Å²) in [7, 11) is -3.85. The number of nitro groups is 1. The molecule has 2 aliphatic rings. The maximum absolute atomic E-state index is 13.0. The van der Waals surface area contributed by atoms with Gasteiger partial charge in [-0.2, -0.15) is 4.31 Å². The van der Waals surface area contributed by atoms with Crippen LogP contribution in [0.15, 0.2) is 17.0 Å². The van der Waals surface area contributed by atoms with E-state index in [0.29, 0.717) is 25.0 Å². The zero-order valence-corrected chi connectivity index (χ0v) is 15.5. The van der Waals surface area contributed by atoms with E-state index < -0.39 is 14.9 Å². The summed E-state index contributed by atoms with van der Waals surface area (Å²) in [5, 5.41) is 14.8. The van der Waals surface area contributed by atoms with Crippen LogP contribution < -0.4 is 5.32 Å². The molecule has 1 atom stereocenters. The first-order valence-electron chi connectivity index (χ1n) is 8.80. The third-order valence-corrected chi connectivity index (χ3v) is 7.48. The highest BCUT2D eigenvalue weighted by Crippen LogP contribution is 2.33. The van der Waals surface area contributed by atoms with E-state index in [1.165, 1.54) is 22.9 Å². The predicted octanol–water partition coefficient (Wildman–Crippen LogP) is 2.36. The Morgan fingerprint density at radius 1 is 1.16 bits per heavy atom. The molecule has 2 aliphatic heterocycles. The van der Waals surface area contributed by atoms with Gasteiger partial charge in [0, 0.05) is 25.2 Å². The van der Waals surface area contributed by atoms with Gasteiger partial charge in [-0.3, -0.25) is 10.1 Å². The maximum atomic E-state index is 13.0. The van der Waals surface area contributed by atoms with Crippen LogP contribution in [-0.4, -0.2) is 43.3 Å². The molecule has 0 bridgehead atoms. The van der Waals surface area contributed by atoms with Crippen molar-refractivity contribution in [3.63, 3.8) is 0 Å². The third-order valence-electron chi connectivity index (χ3n) is 5.56. The molecule has 1 aromatic rings. The van der Waals surface area contributed by atoms with Gasteiger partial charge in [0.05, 0.1) is 4.92 Å². The van der Waals surface area contributed by atoms with Crippen LogP contribution >= 0.6 is 0 Å². The molecule has 7 nitrogen and oxygen atoms in total. The van der Waals surface area contributed by atoms with E-state index in [0.717, 1.165) is 36.9 Å². The summed E-state index contributed by atoms with van der Waals surface area (Å²) in [5.41, 5.74) is 1.13. The van der Waals surface area contributed by atoms with E-state index >= 15 is 0 Å². The molecule has 8 heteroatoms. The molecule has 0 amide bonds. The van der Waals surface area contributed by atoms with Crippen molar-refractivity contribution in [2.75, 3.05) is 19.6 Å². The van der Waals surface area contributed by atoms with Crippen LogP contribution in [0.3, 0.4) is 0 Å². The summed E-state index contributed by atoms with van der Waals surface area (Å²) in [5.74, 6) is 0.490. The van der Waals surface area contributed by atoms with Crippen LogP contribution in [0.1, 0.15) is 36.8 Å². The Kier molecular flexibility index (Phi) is 5.13. The molecule has 0 aliphatic carbocycles. The van der Waals surface area contributed by atoms with Crippen molar-refractivity contribution in [3.8, 4) is 0 Å². The summed E-state index contributed by atoms with van der Waals surface area (Å²) in [4.78, 5) is 10.6. The summed E-state index contributed by atoms with van der Waals surface area (Å²) >= 11 is 0. The van der Waals surface area contributed by atoms with Gasteiger partial charge in [-0.1, -0.05) is 0 Å². The lowest BCUT2D eigenvalue weighted by Crippen LogP contribution is -2.43. The zero-order chi connectivity index (χ0) is 18.2. The lowest BCUT2D eigenvalue weighted by atomic mass is 9.89. The Morgan fingerprint density at radius 3 is 2.36 bits per heavy atom. The van der Waals surface area contributed by atoms with Gasteiger partial charge in [-0.15, -0.1) is 0 Å². The van der Waals surface area contributed by atoms with E-state index in [9.17, 15) is 18.5 Å². The van der Waals surface area contributed by atoms with Crippen molar-refractivity contribution in [2.45, 2.75) is 50.5 Å². The fourth-order valence-corrected chi connectivity index (χ4v) is 5.59. The van der Waals surface area contributed by atoms with E-state index in [2.05, 4.69) is 5.32 Å². The zero-order valence-electron chi connectivity index (χ0n) is 14.7. The average Bonchev–Trinajstić information content (AvgIpc) is 3.11. The second-order valence-electron chi connectivity index (χ2n) is 7.11. The Hall–Kier alpha value is -1.51. The van der Waals surface area contributed by atoms with E-state index in [4.69, 9.17) is 0 Å². The van der Waals surface area contributed by atoms with Gasteiger partial charge >= 0.3 is 0 Å². The van der Waals surface area contributed by atoms with Crippen molar-refractivity contribution >= 4 is 15.7 Å². The average molecular weight is 367 g/mol. The minimum Gasteiger partial charge on any atom is -0.314 e. The van der Waals surface area contributed by atoms with E-state index in [-0.39, 0.29) is 10.6 Å². The largest absolute Gasteiger partial charge is 0.314 e. The summed E-state index contributed by atoms with van der Waals surface area (Å²) < 4.78 is 27.4. The van der Waals surface area contributed by atoms with E-state index in [1.54, 1.807) is 13.8 Å². The number of hydrogen-bond donors (Lipinski definition) is 1. The number of nitro benzene ring substituents is 1. The molecule has 0 saturated carbocycles. The molecule has 0 spiro atoms. The molecule has 25 heavy (non-hydrogen) atoms. The first-order chi connectivity index (χ1) is 11.8. The van der Waals surface area contributed by atoms with Gasteiger partial charge in [-0.05, 0) is 69.2 Å². The molecule has 1 aromatic carbocycles. The Morgan fingerprint density at radius 2 is 1.80 bits per heavy atom. The number of piperidine rings is 1. The SMILES string of the molecule is Cc1cc([N+](=O)[O-])c(S(=O)(=O)N2CCC(C3CCCN3)CC2)cc1C. The minimum absolute atomic E-state index is 0.182. The lowest BCUT2D eigenvalue weighted by Gasteiger charge is -2.34. The first kappa shape index (κ1) is 18.3. The van der Waals surface area contributed by atoms with Gasteiger partial charge in [0.15, 0.2) is 4.90 Å². The van der Waals surface area contributed by atoms with Crippen molar-refractivity contribution in [1.29, 1.82) is 0 Å². The molecule has 2 saturated heterocycles.